The minimum Gasteiger partial charge on any atom is -0.508 e. The first-order valence-electron chi connectivity index (χ1n) is 7.14. The first-order valence-corrected chi connectivity index (χ1v) is 7.14. The van der Waals surface area contributed by atoms with E-state index in [9.17, 15) is 9.90 Å². The van der Waals surface area contributed by atoms with Gasteiger partial charge in [0.2, 0.25) is 0 Å². The normalized spacial score (nSPS) is 10.1. The molecule has 0 saturated heterocycles. The van der Waals surface area contributed by atoms with Crippen LogP contribution in [0.2, 0.25) is 0 Å². The number of ether oxygens (including phenoxy) is 1. The molecule has 116 valence electrons. The minimum atomic E-state index is -0.289. The maximum Gasteiger partial charge on any atom is 0.319 e. The summed E-state index contributed by atoms with van der Waals surface area (Å²) in [6, 6.07) is 12.1. The number of hydrogen-bond acceptors (Lipinski definition) is 3. The third kappa shape index (κ3) is 4.41. The van der Waals surface area contributed by atoms with Gasteiger partial charge in [-0.2, -0.15) is 0 Å². The summed E-state index contributed by atoms with van der Waals surface area (Å²) in [6.45, 7) is 4.81. The van der Waals surface area contributed by atoms with Crippen molar-refractivity contribution in [3.63, 3.8) is 0 Å². The topological polar surface area (TPSA) is 70.6 Å². The number of carbonyl (C=O) groups is 1. The molecule has 0 radical (unpaired) electrons. The van der Waals surface area contributed by atoms with Gasteiger partial charge in [0.15, 0.2) is 0 Å². The van der Waals surface area contributed by atoms with Crippen LogP contribution in [0.25, 0.3) is 0 Å². The third-order valence-electron chi connectivity index (χ3n) is 3.15. The van der Waals surface area contributed by atoms with E-state index in [4.69, 9.17) is 4.74 Å². The highest BCUT2D eigenvalue weighted by Gasteiger charge is 2.05. The van der Waals surface area contributed by atoms with E-state index in [0.29, 0.717) is 18.8 Å². The van der Waals surface area contributed by atoms with Crippen LogP contribution in [0.15, 0.2) is 42.5 Å². The van der Waals surface area contributed by atoms with Crippen molar-refractivity contribution in [1.82, 2.24) is 5.32 Å². The molecule has 2 amide bonds. The molecule has 0 unspecified atom stereocenters. The molecule has 2 aromatic carbocycles. The largest absolute Gasteiger partial charge is 0.508 e. The van der Waals surface area contributed by atoms with Crippen molar-refractivity contribution < 1.29 is 14.6 Å². The molecule has 3 N–H and O–H groups in total. The molecule has 0 aliphatic heterocycles. The van der Waals surface area contributed by atoms with Gasteiger partial charge in [0.1, 0.15) is 11.5 Å². The van der Waals surface area contributed by atoms with Crippen molar-refractivity contribution in [2.45, 2.75) is 20.4 Å². The van der Waals surface area contributed by atoms with Crippen LogP contribution >= 0.6 is 0 Å². The average molecular weight is 300 g/mol. The number of rotatable bonds is 5. The monoisotopic (exact) mass is 300 g/mol. The predicted octanol–water partition coefficient (Wildman–Crippen LogP) is 3.42. The number of anilines is 1. The highest BCUT2D eigenvalue weighted by Crippen LogP contribution is 2.20. The predicted molar refractivity (Wildman–Crippen MR) is 86.3 cm³/mol. The van der Waals surface area contributed by atoms with E-state index >= 15 is 0 Å². The van der Waals surface area contributed by atoms with Crippen LogP contribution in [-0.2, 0) is 6.54 Å². The number of phenols is 1. The van der Waals surface area contributed by atoms with Crippen molar-refractivity contribution in [2.75, 3.05) is 11.9 Å². The number of benzene rings is 2. The number of urea groups is 1. The van der Waals surface area contributed by atoms with Crippen molar-refractivity contribution in [3.8, 4) is 11.5 Å². The van der Waals surface area contributed by atoms with E-state index in [1.165, 1.54) is 6.07 Å². The standard InChI is InChI=1S/C17H20N2O3/c1-3-22-15-7-4-13(5-8-15)11-18-17(21)19-16-9-6-14(20)10-12(16)2/h4-10,20H,3,11H2,1-2H3,(H2,18,19,21). The molecule has 0 aliphatic carbocycles. The Morgan fingerprint density at radius 2 is 1.91 bits per heavy atom. The van der Waals surface area contributed by atoms with Gasteiger partial charge in [-0.1, -0.05) is 12.1 Å². The van der Waals surface area contributed by atoms with Gasteiger partial charge in [0.25, 0.3) is 0 Å². The molecule has 0 atom stereocenters. The smallest absolute Gasteiger partial charge is 0.319 e. The van der Waals surface area contributed by atoms with Gasteiger partial charge >= 0.3 is 6.03 Å². The van der Waals surface area contributed by atoms with Crippen molar-refractivity contribution in [1.29, 1.82) is 0 Å². The summed E-state index contributed by atoms with van der Waals surface area (Å²) < 4.78 is 5.37. The molecule has 0 fully saturated rings. The number of nitrogens with one attached hydrogen (secondary N) is 2. The SMILES string of the molecule is CCOc1ccc(CNC(=O)Nc2ccc(O)cc2C)cc1. The quantitative estimate of drug-likeness (QED) is 0.741. The molecule has 0 bridgehead atoms. The Morgan fingerprint density at radius 3 is 2.55 bits per heavy atom. The van der Waals surface area contributed by atoms with Crippen molar-refractivity contribution in [2.24, 2.45) is 0 Å². The van der Waals surface area contributed by atoms with Crippen LogP contribution in [0, 0.1) is 6.92 Å². The Morgan fingerprint density at radius 1 is 1.18 bits per heavy atom. The Kier molecular flexibility index (Phi) is 5.25. The maximum absolute atomic E-state index is 11.9. The minimum absolute atomic E-state index is 0.179. The van der Waals surface area contributed by atoms with E-state index in [2.05, 4.69) is 10.6 Å². The zero-order chi connectivity index (χ0) is 15.9. The number of carbonyl (C=O) groups excluding carboxylic acids is 1. The zero-order valence-corrected chi connectivity index (χ0v) is 12.7. The first kappa shape index (κ1) is 15.7. The molecule has 0 saturated carbocycles. The highest BCUT2D eigenvalue weighted by atomic mass is 16.5. The lowest BCUT2D eigenvalue weighted by molar-refractivity contribution is 0.251. The zero-order valence-electron chi connectivity index (χ0n) is 12.7. The second-order valence-corrected chi connectivity index (χ2v) is 4.88. The van der Waals surface area contributed by atoms with Gasteiger partial charge in [0, 0.05) is 12.2 Å². The van der Waals surface area contributed by atoms with Crippen molar-refractivity contribution in [3.05, 3.63) is 53.6 Å². The Hall–Kier alpha value is -2.69. The number of hydrogen-bond donors (Lipinski definition) is 3. The molecule has 0 heterocycles. The van der Waals surface area contributed by atoms with Gasteiger partial charge in [-0.25, -0.2) is 4.79 Å². The molecule has 2 rings (SSSR count). The summed E-state index contributed by atoms with van der Waals surface area (Å²) in [5, 5.41) is 14.9. The average Bonchev–Trinajstić information content (AvgIpc) is 2.50. The van der Waals surface area contributed by atoms with Gasteiger partial charge < -0.3 is 20.5 Å². The fraction of sp³-hybridized carbons (Fsp3) is 0.235. The molecular weight excluding hydrogens is 280 g/mol. The first-order chi connectivity index (χ1) is 10.6. The fourth-order valence-corrected chi connectivity index (χ4v) is 2.01. The molecule has 0 aromatic heterocycles. The molecule has 22 heavy (non-hydrogen) atoms. The van der Waals surface area contributed by atoms with E-state index in [0.717, 1.165) is 16.9 Å². The summed E-state index contributed by atoms with van der Waals surface area (Å²) in [4.78, 5) is 11.9. The van der Waals surface area contributed by atoms with Crippen LogP contribution in [-0.4, -0.2) is 17.7 Å². The van der Waals surface area contributed by atoms with Crippen LogP contribution in [0.5, 0.6) is 11.5 Å². The lowest BCUT2D eigenvalue weighted by Crippen LogP contribution is -2.28. The molecule has 5 heteroatoms. The van der Waals surface area contributed by atoms with Gasteiger partial charge in [-0.15, -0.1) is 0 Å². The molecule has 0 spiro atoms. The summed E-state index contributed by atoms with van der Waals surface area (Å²) in [5.74, 6) is 0.994. The molecule has 0 aliphatic rings. The van der Waals surface area contributed by atoms with Crippen LogP contribution in [0.1, 0.15) is 18.1 Å². The second kappa shape index (κ2) is 7.36. The Labute approximate surface area is 129 Å². The number of phenolic OH excluding ortho intramolecular Hbond substituents is 1. The van der Waals surface area contributed by atoms with Crippen LogP contribution < -0.4 is 15.4 Å². The number of aryl methyl sites for hydroxylation is 1. The van der Waals surface area contributed by atoms with E-state index in [-0.39, 0.29) is 11.8 Å². The summed E-state index contributed by atoms with van der Waals surface area (Å²) >= 11 is 0. The molecular formula is C17H20N2O3. The lowest BCUT2D eigenvalue weighted by atomic mass is 10.2. The van der Waals surface area contributed by atoms with E-state index < -0.39 is 0 Å². The van der Waals surface area contributed by atoms with E-state index in [1.807, 2.05) is 38.1 Å². The fourth-order valence-electron chi connectivity index (χ4n) is 2.01. The van der Waals surface area contributed by atoms with Crippen LogP contribution in [0.4, 0.5) is 10.5 Å². The second-order valence-electron chi connectivity index (χ2n) is 4.88. The number of aromatic hydroxyl groups is 1. The lowest BCUT2D eigenvalue weighted by Gasteiger charge is -2.10. The van der Waals surface area contributed by atoms with Gasteiger partial charge in [0.05, 0.1) is 6.61 Å². The highest BCUT2D eigenvalue weighted by molar-refractivity contribution is 5.90. The summed E-state index contributed by atoms with van der Waals surface area (Å²) in [6.07, 6.45) is 0. The summed E-state index contributed by atoms with van der Waals surface area (Å²) in [5.41, 5.74) is 2.46. The summed E-state index contributed by atoms with van der Waals surface area (Å²) in [7, 11) is 0. The van der Waals surface area contributed by atoms with Crippen molar-refractivity contribution >= 4 is 11.7 Å². The van der Waals surface area contributed by atoms with Gasteiger partial charge in [-0.3, -0.25) is 0 Å². The van der Waals surface area contributed by atoms with E-state index in [1.54, 1.807) is 12.1 Å². The van der Waals surface area contributed by atoms with Crippen LogP contribution in [0.3, 0.4) is 0 Å². The molecule has 2 aromatic rings. The maximum atomic E-state index is 11.9. The Bertz CT molecular complexity index is 639. The third-order valence-corrected chi connectivity index (χ3v) is 3.15. The van der Waals surface area contributed by atoms with Gasteiger partial charge in [-0.05, 0) is 55.3 Å². The molecule has 5 nitrogen and oxygen atoms in total. The Balaban J connectivity index is 1.87. The number of amides is 2.